The second-order valence-corrected chi connectivity index (χ2v) is 7.06. The number of benzene rings is 3. The molecule has 0 saturated heterocycles. The van der Waals surface area contributed by atoms with Crippen molar-refractivity contribution in [1.29, 1.82) is 5.26 Å². The number of halogens is 1. The Balaban J connectivity index is 1.95. The van der Waals surface area contributed by atoms with Gasteiger partial charge in [0.25, 0.3) is 0 Å². The van der Waals surface area contributed by atoms with Crippen molar-refractivity contribution in [1.82, 2.24) is 0 Å². The average Bonchev–Trinajstić information content (AvgIpc) is 2.79. The van der Waals surface area contributed by atoms with E-state index in [4.69, 9.17) is 4.99 Å². The molecule has 0 bridgehead atoms. The minimum absolute atomic E-state index is 0.0589. The molecule has 1 N–H and O–H groups in total. The van der Waals surface area contributed by atoms with Gasteiger partial charge in [-0.05, 0) is 18.6 Å². The van der Waals surface area contributed by atoms with Crippen molar-refractivity contribution in [3.05, 3.63) is 120 Å². The van der Waals surface area contributed by atoms with Crippen molar-refractivity contribution in [3.63, 3.8) is 0 Å². The molecule has 0 radical (unpaired) electrons. The van der Waals surface area contributed by atoms with E-state index in [0.717, 1.165) is 22.4 Å². The van der Waals surface area contributed by atoms with E-state index < -0.39 is 11.9 Å². The Morgan fingerprint density at radius 1 is 1.06 bits per heavy atom. The van der Waals surface area contributed by atoms with E-state index in [1.807, 2.05) is 60.7 Å². The lowest BCUT2D eigenvalue weighted by atomic mass is 9.98. The van der Waals surface area contributed by atoms with Crippen LogP contribution in [0.2, 0.25) is 0 Å². The van der Waals surface area contributed by atoms with Crippen molar-refractivity contribution in [2.45, 2.75) is 19.4 Å². The quantitative estimate of drug-likeness (QED) is 0.370. The number of hydrogen-bond acceptors (Lipinski definition) is 3. The topological polar surface area (TPSA) is 56.4 Å². The lowest BCUT2D eigenvalue weighted by molar-refractivity contribution is 0.472. The highest BCUT2D eigenvalue weighted by molar-refractivity contribution is 6.13. The van der Waals surface area contributed by atoms with Crippen LogP contribution >= 0.6 is 0 Å². The van der Waals surface area contributed by atoms with Crippen LogP contribution in [0.15, 0.2) is 102 Å². The third-order valence-electron chi connectivity index (χ3n) is 4.89. The summed E-state index contributed by atoms with van der Waals surface area (Å²) in [5.41, 5.74) is 3.92. The molecule has 1 unspecified atom stereocenters. The second kappa shape index (κ2) is 10.2. The van der Waals surface area contributed by atoms with Gasteiger partial charge in [-0.1, -0.05) is 85.5 Å². The molecular formula is C27H23FN2O. The Morgan fingerprint density at radius 3 is 2.10 bits per heavy atom. The maximum Gasteiger partial charge on any atom is 0.141 e. The van der Waals surface area contributed by atoms with Crippen molar-refractivity contribution >= 4 is 11.3 Å². The standard InChI is InChI=1S/C27H23FN2O/c1-3-24(19(2)28)25-15-14-20(17-26(25)31)16-23(18-29)30-27(21-10-6-4-7-11-21)22-12-8-5-9-13-22/h3-15,17,23,31H,1,16H2,2H3. The van der Waals surface area contributed by atoms with E-state index in [-0.39, 0.29) is 11.3 Å². The van der Waals surface area contributed by atoms with Crippen LogP contribution in [0.25, 0.3) is 5.57 Å². The highest BCUT2D eigenvalue weighted by Crippen LogP contribution is 2.30. The van der Waals surface area contributed by atoms with Gasteiger partial charge in [-0.2, -0.15) is 5.26 Å². The Kier molecular flexibility index (Phi) is 7.13. The summed E-state index contributed by atoms with van der Waals surface area (Å²) in [7, 11) is 0. The van der Waals surface area contributed by atoms with Gasteiger partial charge in [0, 0.05) is 28.7 Å². The first-order chi connectivity index (χ1) is 15.0. The van der Waals surface area contributed by atoms with Crippen LogP contribution in [0.3, 0.4) is 0 Å². The van der Waals surface area contributed by atoms with E-state index in [2.05, 4.69) is 12.6 Å². The lowest BCUT2D eigenvalue weighted by Gasteiger charge is -2.12. The zero-order valence-corrected chi connectivity index (χ0v) is 17.3. The molecule has 1 atom stereocenters. The zero-order chi connectivity index (χ0) is 22.2. The molecule has 3 aromatic rings. The van der Waals surface area contributed by atoms with Gasteiger partial charge in [-0.3, -0.25) is 4.99 Å². The number of phenols is 1. The van der Waals surface area contributed by atoms with Crippen molar-refractivity contribution in [2.75, 3.05) is 0 Å². The third-order valence-corrected chi connectivity index (χ3v) is 4.89. The smallest absolute Gasteiger partial charge is 0.141 e. The lowest BCUT2D eigenvalue weighted by Crippen LogP contribution is -2.12. The first kappa shape index (κ1) is 21.7. The molecule has 0 aliphatic carbocycles. The Morgan fingerprint density at radius 2 is 1.65 bits per heavy atom. The molecule has 0 aliphatic heterocycles. The highest BCUT2D eigenvalue weighted by Gasteiger charge is 2.14. The molecule has 0 saturated carbocycles. The van der Waals surface area contributed by atoms with Gasteiger partial charge in [0.2, 0.25) is 0 Å². The average molecular weight is 410 g/mol. The van der Waals surface area contributed by atoms with E-state index in [1.54, 1.807) is 18.2 Å². The Hall–Kier alpha value is -3.97. The molecule has 0 heterocycles. The van der Waals surface area contributed by atoms with Crippen molar-refractivity contribution in [2.24, 2.45) is 4.99 Å². The summed E-state index contributed by atoms with van der Waals surface area (Å²) in [6, 6.07) is 26.0. The molecule has 0 aliphatic rings. The summed E-state index contributed by atoms with van der Waals surface area (Å²) in [6.45, 7) is 4.92. The normalized spacial score (nSPS) is 12.3. The highest BCUT2D eigenvalue weighted by atomic mass is 19.1. The number of rotatable bonds is 7. The van der Waals surface area contributed by atoms with Gasteiger partial charge in [0.1, 0.15) is 17.6 Å². The Bertz CT molecular complexity index is 1110. The summed E-state index contributed by atoms with van der Waals surface area (Å²) >= 11 is 0. The molecule has 31 heavy (non-hydrogen) atoms. The summed E-state index contributed by atoms with van der Waals surface area (Å²) in [5.74, 6) is -0.482. The van der Waals surface area contributed by atoms with Gasteiger partial charge < -0.3 is 5.11 Å². The van der Waals surface area contributed by atoms with E-state index in [1.165, 1.54) is 13.0 Å². The number of phenolic OH excluding ortho intramolecular Hbond substituents is 1. The fourth-order valence-corrected chi connectivity index (χ4v) is 3.38. The first-order valence-electron chi connectivity index (χ1n) is 9.92. The molecule has 0 amide bonds. The molecule has 0 spiro atoms. The van der Waals surface area contributed by atoms with Crippen LogP contribution in [0, 0.1) is 11.3 Å². The molecule has 3 aromatic carbocycles. The summed E-state index contributed by atoms with van der Waals surface area (Å²) in [4.78, 5) is 4.75. The maximum atomic E-state index is 13.7. The number of allylic oxidation sites excluding steroid dienone is 3. The maximum absolute atomic E-state index is 13.7. The summed E-state index contributed by atoms with van der Waals surface area (Å²) in [5, 5.41) is 20.2. The number of aliphatic imine (C=N–C) groups is 1. The van der Waals surface area contributed by atoms with E-state index >= 15 is 0 Å². The van der Waals surface area contributed by atoms with Crippen LogP contribution in [0.1, 0.15) is 29.2 Å². The predicted octanol–water partition coefficient (Wildman–Crippen LogP) is 6.25. The Labute approximate surface area is 182 Å². The fraction of sp³-hybridized carbons (Fsp3) is 0.111. The SMILES string of the molecule is C=CC(=C(C)F)c1ccc(CC(C#N)N=C(c2ccccc2)c2ccccc2)cc1O. The summed E-state index contributed by atoms with van der Waals surface area (Å²) in [6.07, 6.45) is 1.69. The number of nitrogens with zero attached hydrogens (tertiary/aromatic N) is 2. The second-order valence-electron chi connectivity index (χ2n) is 7.06. The predicted molar refractivity (Wildman–Crippen MR) is 124 cm³/mol. The van der Waals surface area contributed by atoms with Crippen molar-refractivity contribution in [3.8, 4) is 11.8 Å². The van der Waals surface area contributed by atoms with Gasteiger partial charge in [-0.15, -0.1) is 0 Å². The molecule has 4 heteroatoms. The summed E-state index contributed by atoms with van der Waals surface area (Å²) < 4.78 is 13.7. The van der Waals surface area contributed by atoms with E-state index in [9.17, 15) is 14.8 Å². The molecule has 0 aromatic heterocycles. The van der Waals surface area contributed by atoms with Gasteiger partial charge in [-0.25, -0.2) is 4.39 Å². The number of hydrogen-bond donors (Lipinski definition) is 1. The number of aromatic hydroxyl groups is 1. The van der Waals surface area contributed by atoms with Crippen LogP contribution < -0.4 is 0 Å². The fourth-order valence-electron chi connectivity index (χ4n) is 3.38. The largest absolute Gasteiger partial charge is 0.507 e. The monoisotopic (exact) mass is 410 g/mol. The molecule has 3 nitrogen and oxygen atoms in total. The minimum Gasteiger partial charge on any atom is -0.507 e. The molecule has 154 valence electrons. The van der Waals surface area contributed by atoms with Crippen LogP contribution in [0.5, 0.6) is 5.75 Å². The van der Waals surface area contributed by atoms with E-state index in [0.29, 0.717) is 12.0 Å². The molecule has 0 fully saturated rings. The van der Waals surface area contributed by atoms with Gasteiger partial charge >= 0.3 is 0 Å². The molecular weight excluding hydrogens is 387 g/mol. The molecule has 3 rings (SSSR count). The van der Waals surface area contributed by atoms with Crippen LogP contribution in [-0.2, 0) is 6.42 Å². The van der Waals surface area contributed by atoms with Crippen molar-refractivity contribution < 1.29 is 9.50 Å². The van der Waals surface area contributed by atoms with Gasteiger partial charge in [0.15, 0.2) is 0 Å². The minimum atomic E-state index is -0.655. The third kappa shape index (κ3) is 5.34. The van der Waals surface area contributed by atoms with Crippen LogP contribution in [-0.4, -0.2) is 16.9 Å². The van der Waals surface area contributed by atoms with Gasteiger partial charge in [0.05, 0.1) is 11.8 Å². The zero-order valence-electron chi connectivity index (χ0n) is 17.3. The first-order valence-corrected chi connectivity index (χ1v) is 9.92. The van der Waals surface area contributed by atoms with Crippen LogP contribution in [0.4, 0.5) is 4.39 Å². The number of nitriles is 1.